The van der Waals surface area contributed by atoms with Crippen molar-refractivity contribution in [3.8, 4) is 0 Å². The summed E-state index contributed by atoms with van der Waals surface area (Å²) in [7, 11) is 4.33. The molecule has 3 aliphatic carbocycles. The van der Waals surface area contributed by atoms with E-state index in [4.69, 9.17) is 16.6 Å². The highest BCUT2D eigenvalue weighted by Gasteiger charge is 2.56. The van der Waals surface area contributed by atoms with Crippen molar-refractivity contribution in [3.05, 3.63) is 82.3 Å². The molecule has 6 N–H and O–H groups in total. The number of alkyl halides is 3. The Hall–Kier alpha value is -3.64. The number of carbonyl (C=O) groups is 1. The van der Waals surface area contributed by atoms with Gasteiger partial charge in [0.2, 0.25) is 5.91 Å². The highest BCUT2D eigenvalue weighted by atomic mass is 35.5. The third-order valence-corrected chi connectivity index (χ3v) is 22.7. The minimum absolute atomic E-state index is 0.0260. The van der Waals surface area contributed by atoms with E-state index in [9.17, 15) is 18.0 Å². The average molecular weight is 1280 g/mol. The molecule has 1 aromatic rings. The van der Waals surface area contributed by atoms with E-state index >= 15 is 0 Å². The quantitative estimate of drug-likeness (QED) is 0.127. The van der Waals surface area contributed by atoms with Crippen LogP contribution in [0.15, 0.2) is 71.2 Å². The topological polar surface area (TPSA) is 118 Å². The fraction of sp³-hybridized carbons (Fsp3) is 0.781. The van der Waals surface area contributed by atoms with Crippen LogP contribution in [0.2, 0.25) is 5.02 Å². The number of amides is 1. The summed E-state index contributed by atoms with van der Waals surface area (Å²) in [6.07, 6.45) is 32.7. The van der Waals surface area contributed by atoms with Crippen molar-refractivity contribution in [1.29, 1.82) is 0 Å². The Bertz CT molecular complexity index is 2520. The maximum absolute atomic E-state index is 14.9. The molecule has 11 atom stereocenters. The monoisotopic (exact) mass is 1270 g/mol. The molecule has 1 spiro atoms. The van der Waals surface area contributed by atoms with Gasteiger partial charge in [-0.05, 0) is 166 Å². The van der Waals surface area contributed by atoms with E-state index in [1.807, 2.05) is 18.5 Å². The maximum Gasteiger partial charge on any atom is 0.417 e. The Balaban J connectivity index is 1.08. The normalized spacial score (nSPS) is 30.8. The molecule has 0 radical (unpaired) electrons. The minimum Gasteiger partial charge on any atom is -0.369 e. The van der Waals surface area contributed by atoms with Gasteiger partial charge in [-0.2, -0.15) is 13.2 Å². The number of aliphatic imine (C=N–C) groups is 1. The van der Waals surface area contributed by atoms with Crippen LogP contribution in [0, 0.1) is 29.6 Å². The maximum atomic E-state index is 14.9. The Morgan fingerprint density at radius 1 is 0.822 bits per heavy atom. The number of benzene rings is 1. The van der Waals surface area contributed by atoms with E-state index in [-0.39, 0.29) is 58.8 Å². The highest BCUT2D eigenvalue weighted by molar-refractivity contribution is 6.31. The molecule has 3 saturated heterocycles. The molecule has 508 valence electrons. The predicted octanol–water partition coefficient (Wildman–Crippen LogP) is 13.4. The number of allylic oxidation sites excluding steroid dienone is 4. The van der Waals surface area contributed by atoms with Gasteiger partial charge in [0.25, 0.3) is 0 Å². The minimum atomic E-state index is -4.51. The fourth-order valence-electron chi connectivity index (χ4n) is 16.4. The number of nitrogens with one attached hydrogen (secondary N) is 6. The van der Waals surface area contributed by atoms with Crippen LogP contribution < -0.4 is 31.9 Å². The Morgan fingerprint density at radius 3 is 2.23 bits per heavy atom. The molecule has 4 heterocycles. The number of carbonyl (C=O) groups excluding carboxylic acids is 1. The summed E-state index contributed by atoms with van der Waals surface area (Å²) >= 11 is 6.21. The van der Waals surface area contributed by atoms with Gasteiger partial charge in [-0.1, -0.05) is 103 Å². The van der Waals surface area contributed by atoms with Crippen LogP contribution in [0.3, 0.4) is 0 Å². The summed E-state index contributed by atoms with van der Waals surface area (Å²) in [4.78, 5) is 32.0. The zero-order valence-corrected chi connectivity index (χ0v) is 58.4. The predicted molar refractivity (Wildman–Crippen MR) is 368 cm³/mol. The van der Waals surface area contributed by atoms with Gasteiger partial charge in [0, 0.05) is 168 Å². The molecular formula is C73H122ClF3N12O. The van der Waals surface area contributed by atoms with Crippen LogP contribution >= 0.6 is 11.6 Å². The van der Waals surface area contributed by atoms with Gasteiger partial charge >= 0.3 is 6.18 Å². The number of halogens is 4. The number of nitrogens with zero attached hydrogens (tertiary/aromatic N) is 6. The number of fused-ring (bicyclic) bond motifs is 2. The lowest BCUT2D eigenvalue weighted by Crippen LogP contribution is -2.76. The largest absolute Gasteiger partial charge is 0.417 e. The van der Waals surface area contributed by atoms with Gasteiger partial charge in [-0.25, -0.2) is 0 Å². The van der Waals surface area contributed by atoms with Gasteiger partial charge < -0.3 is 51.5 Å². The summed E-state index contributed by atoms with van der Waals surface area (Å²) in [6.45, 7) is 28.2. The first-order valence-electron chi connectivity index (χ1n) is 36.0. The van der Waals surface area contributed by atoms with Crippen LogP contribution in [0.5, 0.6) is 0 Å². The van der Waals surface area contributed by atoms with Crippen molar-refractivity contribution in [2.75, 3.05) is 66.5 Å². The lowest BCUT2D eigenvalue weighted by atomic mass is 9.69. The molecular weight excluding hydrogens is 1150 g/mol. The highest BCUT2D eigenvalue weighted by Crippen LogP contribution is 2.45. The molecule has 6 fully saturated rings. The molecule has 3 saturated carbocycles. The summed E-state index contributed by atoms with van der Waals surface area (Å²) in [6, 6.07) is 6.23. The third-order valence-electron chi connectivity index (χ3n) is 22.4. The molecule has 1 amide bonds. The lowest BCUT2D eigenvalue weighted by Gasteiger charge is -2.61. The smallest absolute Gasteiger partial charge is 0.369 e. The molecule has 0 bridgehead atoms. The lowest BCUT2D eigenvalue weighted by molar-refractivity contribution is -0.164. The molecule has 5 unspecified atom stereocenters. The standard InChI is InChI=1S/C73H122ClF3N12O/c1-12-52(4)67-46-82-66(43-51(2)3)54(6)81-47-68-69(71(90)87-39-19-14-20-40-87)57(9)89(68)70(60-25-21-26-60)55(7)84-72(33-17-18-34-72)50-79-37-36-78-35-32-61(30-28-59-29-31-64(65(74)45-59)73(75,76)77)80-38-42-85(10)48-63(44-58-23-15-13-16-24-58)86(11)49-62-27-22-41-88(62)56(8)53(5)83-67/h29,31-32,35,38,42,45,48-49,51-58,60,66-70,79-84H,12-28,30,33-34,36-37,39-41,43-44,46-47,50H2,1-11H3/t52-,53?,54?,55?,56-,57?,66-,67+,68?,69-,70+/m0/s1. The van der Waals surface area contributed by atoms with Gasteiger partial charge in [0.15, 0.2) is 0 Å². The van der Waals surface area contributed by atoms with Crippen LogP contribution in [-0.2, 0) is 17.4 Å². The number of hydrogen-bond acceptors (Lipinski definition) is 12. The molecule has 1 aromatic carbocycles. The molecule has 7 aliphatic rings. The van der Waals surface area contributed by atoms with E-state index in [1.54, 1.807) is 0 Å². The van der Waals surface area contributed by atoms with Crippen molar-refractivity contribution in [2.24, 2.45) is 34.6 Å². The van der Waals surface area contributed by atoms with Crippen LogP contribution in [0.4, 0.5) is 13.2 Å². The number of likely N-dealkylation sites (tertiary alicyclic amines) is 1. The van der Waals surface area contributed by atoms with Crippen molar-refractivity contribution in [2.45, 2.75) is 270 Å². The number of hydrogen-bond donors (Lipinski definition) is 6. The molecule has 0 aromatic heterocycles. The number of piperidine rings is 1. The van der Waals surface area contributed by atoms with Gasteiger partial charge in [0.1, 0.15) is 0 Å². The van der Waals surface area contributed by atoms with E-state index in [0.29, 0.717) is 61.0 Å². The van der Waals surface area contributed by atoms with E-state index < -0.39 is 11.7 Å². The average Bonchev–Trinajstić information content (AvgIpc) is 0.986. The second-order valence-corrected chi connectivity index (χ2v) is 29.9. The summed E-state index contributed by atoms with van der Waals surface area (Å²) in [5, 5.41) is 24.1. The van der Waals surface area contributed by atoms with Crippen molar-refractivity contribution < 1.29 is 18.0 Å². The summed E-state index contributed by atoms with van der Waals surface area (Å²) < 4.78 is 41.1. The van der Waals surface area contributed by atoms with E-state index in [1.165, 1.54) is 94.2 Å². The Kier molecular flexibility index (Phi) is 27.8. The zero-order chi connectivity index (χ0) is 64.5. The van der Waals surface area contributed by atoms with Crippen LogP contribution in [-0.4, -0.2) is 163 Å². The number of rotatable bonds is 11. The summed E-state index contributed by atoms with van der Waals surface area (Å²) in [5.74, 6) is 2.59. The van der Waals surface area contributed by atoms with Crippen LogP contribution in [0.25, 0.3) is 0 Å². The van der Waals surface area contributed by atoms with Crippen molar-refractivity contribution >= 4 is 23.7 Å². The van der Waals surface area contributed by atoms with Gasteiger partial charge in [-0.15, -0.1) is 0 Å². The van der Waals surface area contributed by atoms with Gasteiger partial charge in [0.05, 0.1) is 23.0 Å². The zero-order valence-electron chi connectivity index (χ0n) is 57.6. The Morgan fingerprint density at radius 2 is 1.56 bits per heavy atom. The summed E-state index contributed by atoms with van der Waals surface area (Å²) in [5.41, 5.74) is 3.47. The van der Waals surface area contributed by atoms with E-state index in [0.717, 1.165) is 121 Å². The molecule has 17 heteroatoms. The van der Waals surface area contributed by atoms with Gasteiger partial charge in [-0.3, -0.25) is 14.7 Å². The first-order chi connectivity index (χ1) is 43.1. The second kappa shape index (κ2) is 34.7. The molecule has 13 nitrogen and oxygen atoms in total. The van der Waals surface area contributed by atoms with Crippen molar-refractivity contribution in [1.82, 2.24) is 56.4 Å². The first kappa shape index (κ1) is 72.2. The van der Waals surface area contributed by atoms with Crippen LogP contribution in [0.1, 0.15) is 208 Å². The molecule has 8 rings (SSSR count). The second-order valence-electron chi connectivity index (χ2n) is 29.5. The first-order valence-corrected chi connectivity index (χ1v) is 36.4. The Labute approximate surface area is 548 Å². The molecule has 90 heavy (non-hydrogen) atoms. The molecule has 4 aliphatic heterocycles. The van der Waals surface area contributed by atoms with Crippen molar-refractivity contribution in [3.63, 3.8) is 0 Å². The number of aryl methyl sites for hydroxylation is 1. The SMILES string of the molecule is CC[C@H](C)[C@H]1CN[C@@H](CC(C)C)C(C)NCC2[C@@H](C(=O)N3CCCCC3)C(C)N2[C@@H](C2CCC2)C(C)NC2(CCCC2)CNCCN=CC=C(CCc2ccc(C(F)(F)F)c(Cl)c2)NC=CN(C)C=C(CC2CCCCC2)N(C)C=C2CCCN2[C@@H](C)C(C)N1. The van der Waals surface area contributed by atoms with E-state index in [2.05, 4.69) is 151 Å². The fourth-order valence-corrected chi connectivity index (χ4v) is 16.7. The third kappa shape index (κ3) is 20.0.